The van der Waals surface area contributed by atoms with Crippen LogP contribution in [0, 0.1) is 0 Å². The highest BCUT2D eigenvalue weighted by molar-refractivity contribution is 5.89. The molecular formula is C17H22F4N2O3. The number of alkyl halides is 4. The van der Waals surface area contributed by atoms with Crippen LogP contribution in [-0.2, 0) is 16.1 Å². The first-order valence-corrected chi connectivity index (χ1v) is 8.21. The van der Waals surface area contributed by atoms with Crippen molar-refractivity contribution in [2.45, 2.75) is 45.0 Å². The first-order chi connectivity index (χ1) is 12.2. The van der Waals surface area contributed by atoms with E-state index >= 15 is 0 Å². The van der Waals surface area contributed by atoms with Crippen LogP contribution in [0.1, 0.15) is 19.4 Å². The summed E-state index contributed by atoms with van der Waals surface area (Å²) < 4.78 is 60.1. The van der Waals surface area contributed by atoms with Crippen LogP contribution in [0.2, 0.25) is 0 Å². The van der Waals surface area contributed by atoms with Crippen LogP contribution in [0.4, 0.5) is 28.0 Å². The van der Waals surface area contributed by atoms with Crippen molar-refractivity contribution in [2.75, 3.05) is 25.0 Å². The summed E-state index contributed by atoms with van der Waals surface area (Å²) in [6.07, 6.45) is -3.91. The van der Waals surface area contributed by atoms with Gasteiger partial charge < -0.3 is 19.7 Å². The molecule has 2 unspecified atom stereocenters. The zero-order chi connectivity index (χ0) is 19.3. The first kappa shape index (κ1) is 20.4. The minimum atomic E-state index is -4.18. The second-order valence-corrected chi connectivity index (χ2v) is 6.35. The summed E-state index contributed by atoms with van der Waals surface area (Å²) in [5.41, 5.74) is 0.945. The van der Waals surface area contributed by atoms with E-state index in [1.165, 1.54) is 0 Å². The Bertz CT molecular complexity index is 605. The molecule has 5 nitrogen and oxygen atoms in total. The Hall–Kier alpha value is -1.87. The molecule has 0 aliphatic carbocycles. The molecule has 146 valence electrons. The molecule has 0 aromatic heterocycles. The van der Waals surface area contributed by atoms with Gasteiger partial charge in [0.2, 0.25) is 0 Å². The predicted molar refractivity (Wildman–Crippen MR) is 87.6 cm³/mol. The molecule has 26 heavy (non-hydrogen) atoms. The van der Waals surface area contributed by atoms with Crippen LogP contribution in [-0.4, -0.2) is 55.2 Å². The van der Waals surface area contributed by atoms with E-state index in [1.807, 2.05) is 13.8 Å². The number of hydrogen-bond donors (Lipinski definition) is 1. The van der Waals surface area contributed by atoms with Crippen molar-refractivity contribution < 1.29 is 31.8 Å². The van der Waals surface area contributed by atoms with Gasteiger partial charge in [0, 0.05) is 18.8 Å². The van der Waals surface area contributed by atoms with Crippen LogP contribution in [0.15, 0.2) is 24.3 Å². The Balaban J connectivity index is 1.89. The maximum Gasteiger partial charge on any atom is 0.330 e. The van der Waals surface area contributed by atoms with Gasteiger partial charge in [-0.05, 0) is 31.5 Å². The van der Waals surface area contributed by atoms with Gasteiger partial charge in [-0.2, -0.15) is 8.78 Å². The molecule has 1 fully saturated rings. The number of rotatable bonds is 6. The number of halogens is 4. The maximum atomic E-state index is 12.8. The largest absolute Gasteiger partial charge is 0.372 e. The smallest absolute Gasteiger partial charge is 0.330 e. The standard InChI is InChI=1S/C17H22F4N2O3/c1-11-7-23(8-12(2)26-11)16(24)22-14-5-3-4-13(6-14)9-25-10-17(20,21)15(18)19/h3-6,11-12,15H,7-10H2,1-2H3,(H,22,24). The Kier molecular flexibility index (Phi) is 6.82. The summed E-state index contributed by atoms with van der Waals surface area (Å²) in [7, 11) is 0. The molecule has 0 bridgehead atoms. The van der Waals surface area contributed by atoms with Gasteiger partial charge in [-0.25, -0.2) is 13.6 Å². The number of amides is 2. The molecule has 1 saturated heterocycles. The fraction of sp³-hybridized carbons (Fsp3) is 0.588. The number of carbonyl (C=O) groups is 1. The molecule has 2 amide bonds. The van der Waals surface area contributed by atoms with E-state index < -0.39 is 19.0 Å². The summed E-state index contributed by atoms with van der Waals surface area (Å²) in [6, 6.07) is 6.10. The van der Waals surface area contributed by atoms with Crippen molar-refractivity contribution in [3.63, 3.8) is 0 Å². The third-order valence-electron chi connectivity index (χ3n) is 3.77. The van der Waals surface area contributed by atoms with Gasteiger partial charge in [-0.15, -0.1) is 0 Å². The van der Waals surface area contributed by atoms with Gasteiger partial charge in [-0.1, -0.05) is 12.1 Å². The van der Waals surface area contributed by atoms with Crippen LogP contribution < -0.4 is 5.32 Å². The van der Waals surface area contributed by atoms with Gasteiger partial charge in [0.25, 0.3) is 0 Å². The second kappa shape index (κ2) is 8.68. The number of nitrogens with one attached hydrogen (secondary N) is 1. The number of anilines is 1. The fourth-order valence-electron chi connectivity index (χ4n) is 2.65. The molecule has 1 aromatic rings. The topological polar surface area (TPSA) is 50.8 Å². The summed E-state index contributed by atoms with van der Waals surface area (Å²) in [6.45, 7) is 3.04. The number of ether oxygens (including phenoxy) is 2. The lowest BCUT2D eigenvalue weighted by Gasteiger charge is -2.35. The maximum absolute atomic E-state index is 12.8. The Morgan fingerprint density at radius 2 is 2.00 bits per heavy atom. The molecular weight excluding hydrogens is 356 g/mol. The highest BCUT2D eigenvalue weighted by Gasteiger charge is 2.40. The van der Waals surface area contributed by atoms with E-state index in [9.17, 15) is 22.4 Å². The summed E-state index contributed by atoms with van der Waals surface area (Å²) in [5.74, 6) is -4.18. The van der Waals surface area contributed by atoms with E-state index in [-0.39, 0.29) is 24.8 Å². The van der Waals surface area contributed by atoms with Crippen LogP contribution in [0.3, 0.4) is 0 Å². The van der Waals surface area contributed by atoms with Crippen LogP contribution in [0.25, 0.3) is 0 Å². The molecule has 0 saturated carbocycles. The Labute approximate surface area is 149 Å². The average molecular weight is 378 g/mol. The molecule has 1 heterocycles. The minimum absolute atomic E-state index is 0.0688. The molecule has 1 aliphatic rings. The molecule has 2 rings (SSSR count). The zero-order valence-corrected chi connectivity index (χ0v) is 14.6. The third-order valence-corrected chi connectivity index (χ3v) is 3.77. The summed E-state index contributed by atoms with van der Waals surface area (Å²) in [5, 5.41) is 2.73. The number of carbonyl (C=O) groups excluding carboxylic acids is 1. The van der Waals surface area contributed by atoms with Gasteiger partial charge >= 0.3 is 18.4 Å². The second-order valence-electron chi connectivity index (χ2n) is 6.35. The van der Waals surface area contributed by atoms with Gasteiger partial charge in [0.05, 0.1) is 18.8 Å². The quantitative estimate of drug-likeness (QED) is 0.768. The van der Waals surface area contributed by atoms with Crippen molar-refractivity contribution in [3.05, 3.63) is 29.8 Å². The predicted octanol–water partition coefficient (Wildman–Crippen LogP) is 3.74. The van der Waals surface area contributed by atoms with Gasteiger partial charge in [0.15, 0.2) is 0 Å². The molecule has 0 radical (unpaired) electrons. The third kappa shape index (κ3) is 5.84. The van der Waals surface area contributed by atoms with Crippen molar-refractivity contribution in [1.29, 1.82) is 0 Å². The minimum Gasteiger partial charge on any atom is -0.372 e. The lowest BCUT2D eigenvalue weighted by atomic mass is 10.2. The molecule has 1 N–H and O–H groups in total. The average Bonchev–Trinajstić information content (AvgIpc) is 2.54. The number of hydrogen-bond acceptors (Lipinski definition) is 3. The molecule has 1 aliphatic heterocycles. The Morgan fingerprint density at radius 3 is 2.62 bits per heavy atom. The highest BCUT2D eigenvalue weighted by atomic mass is 19.3. The first-order valence-electron chi connectivity index (χ1n) is 8.21. The molecule has 0 spiro atoms. The summed E-state index contributed by atoms with van der Waals surface area (Å²) >= 11 is 0. The number of morpholine rings is 1. The van der Waals surface area contributed by atoms with Crippen molar-refractivity contribution >= 4 is 11.7 Å². The normalized spacial score (nSPS) is 21.1. The fourth-order valence-corrected chi connectivity index (χ4v) is 2.65. The lowest BCUT2D eigenvalue weighted by Crippen LogP contribution is -2.49. The zero-order valence-electron chi connectivity index (χ0n) is 14.6. The van der Waals surface area contributed by atoms with Crippen molar-refractivity contribution in [2.24, 2.45) is 0 Å². The molecule has 1 aromatic carbocycles. The van der Waals surface area contributed by atoms with Gasteiger partial charge in [-0.3, -0.25) is 0 Å². The lowest BCUT2D eigenvalue weighted by molar-refractivity contribution is -0.168. The molecule has 2 atom stereocenters. The van der Waals surface area contributed by atoms with Crippen LogP contribution in [0.5, 0.6) is 0 Å². The number of nitrogens with zero attached hydrogens (tertiary/aromatic N) is 1. The van der Waals surface area contributed by atoms with E-state index in [0.29, 0.717) is 24.3 Å². The van der Waals surface area contributed by atoms with E-state index in [1.54, 1.807) is 29.2 Å². The number of urea groups is 1. The van der Waals surface area contributed by atoms with E-state index in [2.05, 4.69) is 10.1 Å². The number of benzene rings is 1. The monoisotopic (exact) mass is 378 g/mol. The highest BCUT2D eigenvalue weighted by Crippen LogP contribution is 2.23. The van der Waals surface area contributed by atoms with Crippen LogP contribution >= 0.6 is 0 Å². The van der Waals surface area contributed by atoms with Gasteiger partial charge in [0.1, 0.15) is 6.61 Å². The van der Waals surface area contributed by atoms with Crippen molar-refractivity contribution in [1.82, 2.24) is 4.90 Å². The molecule has 9 heteroatoms. The Morgan fingerprint density at radius 1 is 1.35 bits per heavy atom. The summed E-state index contributed by atoms with van der Waals surface area (Å²) in [4.78, 5) is 14.0. The van der Waals surface area contributed by atoms with E-state index in [0.717, 1.165) is 0 Å². The SMILES string of the molecule is CC1CN(C(=O)Nc2cccc(COCC(F)(F)C(F)F)c2)CC(C)O1. The van der Waals surface area contributed by atoms with Crippen molar-refractivity contribution in [3.8, 4) is 0 Å². The van der Waals surface area contributed by atoms with E-state index in [4.69, 9.17) is 4.74 Å².